The molecule has 0 aliphatic carbocycles. The first-order valence-corrected chi connectivity index (χ1v) is 13.8. The number of hydrogen-bond donors (Lipinski definition) is 1. The van der Waals surface area contributed by atoms with Crippen molar-refractivity contribution in [3.63, 3.8) is 0 Å². The SMILES string of the molecule is CCOP(=O)(CCN(CCn1cnc2c(Cl)ncnc21)CCP(C)(=O)O)OCC. The summed E-state index contributed by atoms with van der Waals surface area (Å²) >= 11 is 6.04. The zero-order valence-electron chi connectivity index (χ0n) is 16.9. The quantitative estimate of drug-likeness (QED) is 0.350. The van der Waals surface area contributed by atoms with Gasteiger partial charge in [-0.25, -0.2) is 15.0 Å². The van der Waals surface area contributed by atoms with Gasteiger partial charge in [0.2, 0.25) is 0 Å². The molecule has 13 heteroatoms. The molecule has 1 N–H and O–H groups in total. The Bertz CT molecular complexity index is 880. The maximum absolute atomic E-state index is 12.7. The van der Waals surface area contributed by atoms with Crippen LogP contribution in [-0.2, 0) is 24.7 Å². The van der Waals surface area contributed by atoms with Gasteiger partial charge in [0.05, 0.1) is 25.7 Å². The molecular weight excluding hydrogens is 440 g/mol. The highest BCUT2D eigenvalue weighted by Crippen LogP contribution is 2.47. The first-order chi connectivity index (χ1) is 13.7. The minimum atomic E-state index is -3.20. The molecule has 1 atom stereocenters. The number of hydrogen-bond acceptors (Lipinski definition) is 8. The van der Waals surface area contributed by atoms with E-state index in [1.807, 2.05) is 9.47 Å². The molecule has 0 aromatic carbocycles. The Kier molecular flexibility index (Phi) is 9.22. The molecule has 0 saturated carbocycles. The zero-order chi connectivity index (χ0) is 21.5. The van der Waals surface area contributed by atoms with Crippen molar-refractivity contribution in [3.8, 4) is 0 Å². The molecule has 2 rings (SSSR count). The lowest BCUT2D eigenvalue weighted by molar-refractivity contribution is 0.212. The second-order valence-corrected chi connectivity index (χ2v) is 11.7. The van der Waals surface area contributed by atoms with Gasteiger partial charge in [-0.1, -0.05) is 11.6 Å². The Morgan fingerprint density at radius 2 is 1.76 bits per heavy atom. The van der Waals surface area contributed by atoms with E-state index < -0.39 is 15.0 Å². The highest BCUT2D eigenvalue weighted by Gasteiger charge is 2.25. The molecule has 1 unspecified atom stereocenters. The molecule has 0 aliphatic heterocycles. The van der Waals surface area contributed by atoms with Crippen molar-refractivity contribution in [2.45, 2.75) is 20.4 Å². The van der Waals surface area contributed by atoms with E-state index in [9.17, 15) is 14.0 Å². The van der Waals surface area contributed by atoms with Gasteiger partial charge >= 0.3 is 7.60 Å². The van der Waals surface area contributed by atoms with Crippen LogP contribution in [0.3, 0.4) is 0 Å². The average molecular weight is 468 g/mol. The van der Waals surface area contributed by atoms with Gasteiger partial charge in [0.1, 0.15) is 11.8 Å². The van der Waals surface area contributed by atoms with E-state index in [0.717, 1.165) is 0 Å². The summed E-state index contributed by atoms with van der Waals surface area (Å²) in [6.45, 7) is 7.28. The van der Waals surface area contributed by atoms with Crippen LogP contribution in [0.15, 0.2) is 12.7 Å². The van der Waals surface area contributed by atoms with Crippen molar-refractivity contribution < 1.29 is 23.1 Å². The second kappa shape index (κ2) is 11.0. The number of nitrogens with zero attached hydrogens (tertiary/aromatic N) is 5. The van der Waals surface area contributed by atoms with Gasteiger partial charge in [0.15, 0.2) is 18.2 Å². The van der Waals surface area contributed by atoms with Crippen molar-refractivity contribution in [3.05, 3.63) is 17.8 Å². The summed E-state index contributed by atoms with van der Waals surface area (Å²) in [4.78, 5) is 24.0. The minimum Gasteiger partial charge on any atom is -0.344 e. The van der Waals surface area contributed by atoms with E-state index in [-0.39, 0.29) is 17.5 Å². The van der Waals surface area contributed by atoms with Crippen molar-refractivity contribution in [2.24, 2.45) is 0 Å². The van der Waals surface area contributed by atoms with Gasteiger partial charge in [-0.05, 0) is 13.8 Å². The van der Waals surface area contributed by atoms with E-state index in [4.69, 9.17) is 20.6 Å². The third-order valence-electron chi connectivity index (χ3n) is 4.19. The molecule has 2 heterocycles. The maximum atomic E-state index is 12.7. The molecule has 0 bridgehead atoms. The zero-order valence-corrected chi connectivity index (χ0v) is 19.4. The van der Waals surface area contributed by atoms with Crippen LogP contribution in [0.2, 0.25) is 5.15 Å². The summed E-state index contributed by atoms with van der Waals surface area (Å²) in [6, 6.07) is 0. The first-order valence-electron chi connectivity index (χ1n) is 9.38. The predicted molar refractivity (Wildman–Crippen MR) is 113 cm³/mol. The topological polar surface area (TPSA) is 120 Å². The number of imidazole rings is 1. The minimum absolute atomic E-state index is 0.138. The van der Waals surface area contributed by atoms with Gasteiger partial charge in [-0.2, -0.15) is 0 Å². The number of rotatable bonds is 13. The summed E-state index contributed by atoms with van der Waals surface area (Å²) in [5, 5.41) is 0.284. The lowest BCUT2D eigenvalue weighted by atomic mass is 10.4. The second-order valence-electron chi connectivity index (χ2n) is 6.56. The van der Waals surface area contributed by atoms with Gasteiger partial charge in [0, 0.05) is 39.0 Å². The highest BCUT2D eigenvalue weighted by molar-refractivity contribution is 7.57. The fraction of sp³-hybridized carbons (Fsp3) is 0.688. The van der Waals surface area contributed by atoms with Gasteiger partial charge in [-0.3, -0.25) is 9.13 Å². The van der Waals surface area contributed by atoms with Crippen molar-refractivity contribution in [2.75, 3.05) is 51.8 Å². The van der Waals surface area contributed by atoms with E-state index in [1.165, 1.54) is 13.0 Å². The molecule has 0 aliphatic rings. The Morgan fingerprint density at radius 1 is 1.10 bits per heavy atom. The fourth-order valence-electron chi connectivity index (χ4n) is 2.75. The molecule has 2 aromatic heterocycles. The number of aromatic nitrogens is 4. The van der Waals surface area contributed by atoms with Gasteiger partial charge in [-0.15, -0.1) is 0 Å². The predicted octanol–water partition coefficient (Wildman–Crippen LogP) is 2.95. The fourth-order valence-corrected chi connectivity index (χ4v) is 5.23. The summed E-state index contributed by atoms with van der Waals surface area (Å²) in [7, 11) is -6.37. The largest absolute Gasteiger partial charge is 0.344 e. The molecule has 0 amide bonds. The van der Waals surface area contributed by atoms with Crippen LogP contribution in [0.1, 0.15) is 13.8 Å². The smallest absolute Gasteiger partial charge is 0.331 e. The molecule has 0 radical (unpaired) electrons. The van der Waals surface area contributed by atoms with Crippen LogP contribution < -0.4 is 0 Å². The monoisotopic (exact) mass is 467 g/mol. The number of fused-ring (bicyclic) bond motifs is 1. The normalized spacial score (nSPS) is 14.6. The molecule has 0 fully saturated rings. The molecule has 2 aromatic rings. The molecule has 164 valence electrons. The third kappa shape index (κ3) is 7.72. The average Bonchev–Trinajstić information content (AvgIpc) is 3.05. The van der Waals surface area contributed by atoms with Crippen LogP contribution in [0.5, 0.6) is 0 Å². The van der Waals surface area contributed by atoms with Gasteiger partial charge in [0.25, 0.3) is 0 Å². The molecule has 10 nitrogen and oxygen atoms in total. The third-order valence-corrected chi connectivity index (χ3v) is 7.54. The maximum Gasteiger partial charge on any atom is 0.331 e. The van der Waals surface area contributed by atoms with Crippen LogP contribution in [0, 0.1) is 0 Å². The lowest BCUT2D eigenvalue weighted by Crippen LogP contribution is -2.33. The van der Waals surface area contributed by atoms with Gasteiger partial charge < -0.3 is 23.4 Å². The summed E-state index contributed by atoms with van der Waals surface area (Å²) in [6.07, 6.45) is 3.34. The van der Waals surface area contributed by atoms with Crippen LogP contribution in [-0.4, -0.2) is 81.1 Å². The van der Waals surface area contributed by atoms with E-state index in [2.05, 4.69) is 15.0 Å². The van der Waals surface area contributed by atoms with Crippen LogP contribution >= 0.6 is 26.6 Å². The highest BCUT2D eigenvalue weighted by atomic mass is 35.5. The van der Waals surface area contributed by atoms with Crippen LogP contribution in [0.4, 0.5) is 0 Å². The Morgan fingerprint density at radius 3 is 2.38 bits per heavy atom. The summed E-state index contributed by atoms with van der Waals surface area (Å²) < 4.78 is 37.0. The Balaban J connectivity index is 2.07. The first kappa shape index (κ1) is 24.4. The van der Waals surface area contributed by atoms with Crippen molar-refractivity contribution >= 4 is 37.7 Å². The standard InChI is InChI=1S/C16H28ClN5O5P2/c1-4-26-29(25,27-5-2)11-9-21(8-10-28(3,23)24)6-7-22-13-20-14-15(17)18-12-19-16(14)22/h12-13H,4-11H2,1-3H3,(H,23,24). The summed E-state index contributed by atoms with van der Waals surface area (Å²) in [5.74, 6) is 0. The van der Waals surface area contributed by atoms with E-state index in [0.29, 0.717) is 50.6 Å². The Labute approximate surface area is 175 Å². The molecule has 0 saturated heterocycles. The molecule has 29 heavy (non-hydrogen) atoms. The lowest BCUT2D eigenvalue weighted by Gasteiger charge is -2.25. The number of halogens is 1. The summed E-state index contributed by atoms with van der Waals surface area (Å²) in [5.41, 5.74) is 1.13. The van der Waals surface area contributed by atoms with Crippen molar-refractivity contribution in [1.29, 1.82) is 0 Å². The Hall–Kier alpha value is -0.860. The van der Waals surface area contributed by atoms with E-state index >= 15 is 0 Å². The van der Waals surface area contributed by atoms with Crippen LogP contribution in [0.25, 0.3) is 11.2 Å². The molecular formula is C16H28ClN5O5P2. The van der Waals surface area contributed by atoms with Crippen molar-refractivity contribution in [1.82, 2.24) is 24.4 Å². The molecule has 0 spiro atoms. The van der Waals surface area contributed by atoms with E-state index in [1.54, 1.807) is 20.2 Å².